The lowest BCUT2D eigenvalue weighted by atomic mass is 10.1. The molecule has 7 rings (SSSR count). The molecule has 0 unspecified atom stereocenters. The predicted molar refractivity (Wildman–Crippen MR) is 234 cm³/mol. The van der Waals surface area contributed by atoms with Crippen LogP contribution in [0.4, 0.5) is 28.4 Å². The van der Waals surface area contributed by atoms with Gasteiger partial charge in [-0.1, -0.05) is 129 Å². The van der Waals surface area contributed by atoms with Crippen LogP contribution in [0.3, 0.4) is 0 Å². The first-order valence-corrected chi connectivity index (χ1v) is 19.2. The molecule has 0 bridgehead atoms. The van der Waals surface area contributed by atoms with E-state index in [0.717, 1.165) is 69.3 Å². The van der Waals surface area contributed by atoms with Gasteiger partial charge in [0.25, 0.3) is 0 Å². The molecule has 0 amide bonds. The maximum Gasteiger partial charge on any atom is 0.119 e. The zero-order chi connectivity index (χ0) is 38.4. The van der Waals surface area contributed by atoms with Gasteiger partial charge in [-0.15, -0.1) is 0 Å². The highest BCUT2D eigenvalue weighted by Gasteiger charge is 2.13. The molecule has 0 N–H and O–H groups in total. The van der Waals surface area contributed by atoms with E-state index in [1.165, 1.54) is 11.1 Å². The fourth-order valence-electron chi connectivity index (χ4n) is 6.37. The quantitative estimate of drug-likeness (QED) is 0.0530. The fourth-order valence-corrected chi connectivity index (χ4v) is 6.37. The van der Waals surface area contributed by atoms with Crippen molar-refractivity contribution < 1.29 is 9.47 Å². The molecular weight excluding hydrogens is 687 g/mol. The number of hydrazone groups is 1. The molecular formula is C51H47N3O2. The Morgan fingerprint density at radius 3 is 1.61 bits per heavy atom. The summed E-state index contributed by atoms with van der Waals surface area (Å²) in [4.78, 5) is 2.27. The van der Waals surface area contributed by atoms with Crippen molar-refractivity contribution in [2.45, 2.75) is 33.0 Å². The van der Waals surface area contributed by atoms with Crippen LogP contribution < -0.4 is 14.6 Å². The molecule has 0 saturated carbocycles. The van der Waals surface area contributed by atoms with Gasteiger partial charge in [0.1, 0.15) is 12.4 Å². The molecule has 0 aliphatic rings. The van der Waals surface area contributed by atoms with E-state index in [9.17, 15) is 0 Å². The van der Waals surface area contributed by atoms with E-state index in [2.05, 4.69) is 152 Å². The van der Waals surface area contributed by atoms with E-state index in [4.69, 9.17) is 14.6 Å². The van der Waals surface area contributed by atoms with Crippen molar-refractivity contribution in [2.24, 2.45) is 5.10 Å². The average Bonchev–Trinajstić information content (AvgIpc) is 3.27. The molecule has 7 aromatic rings. The summed E-state index contributed by atoms with van der Waals surface area (Å²) in [6.07, 6.45) is 5.63. The van der Waals surface area contributed by atoms with E-state index in [1.54, 1.807) is 0 Å². The Hall–Kier alpha value is -6.69. The number of hydrogen-bond acceptors (Lipinski definition) is 5. The SMILES string of the molecule is C=Cc1ccc(COCCc2ccc(N(c3ccccc3)c3ccc(C=NN(c4ccccc4)c4ccc(OCc5ccc(CC)cc5)cc4)cc3)cc2)cc1. The van der Waals surface area contributed by atoms with Crippen LogP contribution in [0.15, 0.2) is 194 Å². The summed E-state index contributed by atoms with van der Waals surface area (Å²) in [5.41, 5.74) is 12.1. The molecule has 0 fully saturated rings. The second kappa shape index (κ2) is 19.1. The monoisotopic (exact) mass is 733 g/mol. The van der Waals surface area contributed by atoms with Crippen molar-refractivity contribution in [3.8, 4) is 5.75 Å². The molecule has 5 heteroatoms. The Bertz CT molecular complexity index is 2270. The van der Waals surface area contributed by atoms with Crippen molar-refractivity contribution in [2.75, 3.05) is 16.5 Å². The molecule has 278 valence electrons. The van der Waals surface area contributed by atoms with Gasteiger partial charge < -0.3 is 14.4 Å². The number of anilines is 5. The molecule has 0 aromatic heterocycles. The second-order valence-electron chi connectivity index (χ2n) is 13.5. The normalized spacial score (nSPS) is 11.0. The van der Waals surface area contributed by atoms with E-state index in [1.807, 2.05) is 65.8 Å². The molecule has 0 spiro atoms. The van der Waals surface area contributed by atoms with Crippen molar-refractivity contribution in [1.29, 1.82) is 0 Å². The Morgan fingerprint density at radius 2 is 0.982 bits per heavy atom. The highest BCUT2D eigenvalue weighted by Crippen LogP contribution is 2.35. The van der Waals surface area contributed by atoms with Crippen LogP contribution in [-0.4, -0.2) is 12.8 Å². The van der Waals surface area contributed by atoms with Crippen molar-refractivity contribution >= 4 is 40.7 Å². The summed E-state index contributed by atoms with van der Waals surface area (Å²) >= 11 is 0. The van der Waals surface area contributed by atoms with Crippen molar-refractivity contribution in [3.63, 3.8) is 0 Å². The molecule has 5 nitrogen and oxygen atoms in total. The number of benzene rings is 7. The number of rotatable bonds is 17. The van der Waals surface area contributed by atoms with Gasteiger partial charge in [0, 0.05) is 17.1 Å². The first-order valence-electron chi connectivity index (χ1n) is 19.2. The predicted octanol–water partition coefficient (Wildman–Crippen LogP) is 12.9. The summed E-state index contributed by atoms with van der Waals surface area (Å²) in [5, 5.41) is 6.92. The molecule has 0 saturated heterocycles. The minimum atomic E-state index is 0.524. The third kappa shape index (κ3) is 10.1. The first-order chi connectivity index (χ1) is 27.6. The van der Waals surface area contributed by atoms with Crippen LogP contribution in [-0.2, 0) is 30.8 Å². The largest absolute Gasteiger partial charge is 0.489 e. The molecule has 56 heavy (non-hydrogen) atoms. The van der Waals surface area contributed by atoms with Gasteiger partial charge in [-0.2, -0.15) is 5.10 Å². The lowest BCUT2D eigenvalue weighted by Gasteiger charge is -2.25. The molecule has 0 heterocycles. The highest BCUT2D eigenvalue weighted by molar-refractivity contribution is 5.84. The Labute approximate surface area is 331 Å². The smallest absolute Gasteiger partial charge is 0.119 e. The third-order valence-corrected chi connectivity index (χ3v) is 9.62. The van der Waals surface area contributed by atoms with Crippen LogP contribution in [0.1, 0.15) is 40.3 Å². The molecule has 0 radical (unpaired) electrons. The second-order valence-corrected chi connectivity index (χ2v) is 13.5. The number of para-hydroxylation sites is 2. The molecule has 7 aromatic carbocycles. The minimum absolute atomic E-state index is 0.524. The standard InChI is InChI=1S/C51H47N3O2/c1-3-40-15-19-44(20-16-40)38-55-36-35-42-23-27-47(28-24-42)53(46-11-7-5-8-12-46)48-29-25-43(26-30-48)37-52-54(49-13-9-6-10-14-49)50-31-33-51(34-32-50)56-39-45-21-17-41(4-2)18-22-45/h3,5-34,37H,1,4,35-36,38-39H2,2H3. The van der Waals surface area contributed by atoms with Crippen molar-refractivity contribution in [1.82, 2.24) is 0 Å². The van der Waals surface area contributed by atoms with Gasteiger partial charge in [0.05, 0.1) is 30.8 Å². The molecule has 0 atom stereocenters. The van der Waals surface area contributed by atoms with Gasteiger partial charge in [0.2, 0.25) is 0 Å². The van der Waals surface area contributed by atoms with Crippen LogP contribution in [0.25, 0.3) is 6.08 Å². The van der Waals surface area contributed by atoms with Crippen LogP contribution in [0.5, 0.6) is 5.75 Å². The zero-order valence-corrected chi connectivity index (χ0v) is 31.9. The summed E-state index contributed by atoms with van der Waals surface area (Å²) in [7, 11) is 0. The Balaban J connectivity index is 1.03. The third-order valence-electron chi connectivity index (χ3n) is 9.62. The molecule has 0 aliphatic carbocycles. The number of hydrogen-bond donors (Lipinski definition) is 0. The lowest BCUT2D eigenvalue weighted by molar-refractivity contribution is 0.124. The lowest BCUT2D eigenvalue weighted by Crippen LogP contribution is -2.10. The van der Waals surface area contributed by atoms with Gasteiger partial charge in [0.15, 0.2) is 0 Å². The highest BCUT2D eigenvalue weighted by atomic mass is 16.5. The van der Waals surface area contributed by atoms with Gasteiger partial charge in [-0.05, 0) is 119 Å². The van der Waals surface area contributed by atoms with E-state index >= 15 is 0 Å². The van der Waals surface area contributed by atoms with Gasteiger partial charge in [-0.25, -0.2) is 5.01 Å². The van der Waals surface area contributed by atoms with E-state index < -0.39 is 0 Å². The maximum absolute atomic E-state index is 6.11. The van der Waals surface area contributed by atoms with Gasteiger partial charge in [-0.3, -0.25) is 0 Å². The Morgan fingerprint density at radius 1 is 0.500 bits per heavy atom. The first kappa shape index (κ1) is 37.6. The van der Waals surface area contributed by atoms with Crippen LogP contribution >= 0.6 is 0 Å². The number of ether oxygens (including phenoxy) is 2. The van der Waals surface area contributed by atoms with E-state index in [0.29, 0.717) is 19.8 Å². The van der Waals surface area contributed by atoms with Crippen molar-refractivity contribution in [3.05, 3.63) is 222 Å². The number of nitrogens with zero attached hydrogens (tertiary/aromatic N) is 3. The fraction of sp³-hybridized carbons (Fsp3) is 0.118. The molecule has 0 aliphatic heterocycles. The summed E-state index contributed by atoms with van der Waals surface area (Å²) in [6, 6.07) is 62.9. The Kier molecular flexibility index (Phi) is 12.8. The minimum Gasteiger partial charge on any atom is -0.489 e. The zero-order valence-electron chi connectivity index (χ0n) is 31.9. The van der Waals surface area contributed by atoms with Crippen LogP contribution in [0.2, 0.25) is 0 Å². The maximum atomic E-state index is 6.11. The average molecular weight is 734 g/mol. The van der Waals surface area contributed by atoms with Crippen LogP contribution in [0, 0.1) is 0 Å². The van der Waals surface area contributed by atoms with Gasteiger partial charge >= 0.3 is 0 Å². The topological polar surface area (TPSA) is 37.3 Å². The summed E-state index contributed by atoms with van der Waals surface area (Å²) in [5.74, 6) is 0.814. The summed E-state index contributed by atoms with van der Waals surface area (Å²) < 4.78 is 12.1. The van der Waals surface area contributed by atoms with E-state index in [-0.39, 0.29) is 0 Å². The summed E-state index contributed by atoms with van der Waals surface area (Å²) in [6.45, 7) is 7.77. The number of aryl methyl sites for hydroxylation is 1.